The van der Waals surface area contributed by atoms with Gasteiger partial charge in [0.25, 0.3) is 5.91 Å². The van der Waals surface area contributed by atoms with E-state index in [9.17, 15) is 4.79 Å². The fraction of sp³-hybridized carbons (Fsp3) is 0.474. The largest absolute Gasteiger partial charge is 0.333 e. The monoisotopic (exact) mass is 309 g/mol. The summed E-state index contributed by atoms with van der Waals surface area (Å²) in [7, 11) is 0. The van der Waals surface area contributed by atoms with Gasteiger partial charge < -0.3 is 10.2 Å². The highest BCUT2D eigenvalue weighted by atomic mass is 16.2. The molecule has 0 bridgehead atoms. The molecular formula is C19H23N3O. The maximum Gasteiger partial charge on any atom is 0.254 e. The minimum absolute atomic E-state index is 0.145. The molecular weight excluding hydrogens is 286 g/mol. The first kappa shape index (κ1) is 14.6. The summed E-state index contributed by atoms with van der Waals surface area (Å²) in [6.45, 7) is 5.89. The SMILES string of the molecule is CC1NCCN(C(=O)c2cc(C3CC3)nc3ccccc23)C1C. The lowest BCUT2D eigenvalue weighted by Crippen LogP contribution is -2.57. The first-order chi connectivity index (χ1) is 11.1. The Morgan fingerprint density at radius 2 is 2.04 bits per heavy atom. The molecule has 120 valence electrons. The van der Waals surface area contributed by atoms with Crippen LogP contribution < -0.4 is 5.32 Å². The molecule has 2 aliphatic rings. The van der Waals surface area contributed by atoms with Crippen LogP contribution in [0.25, 0.3) is 10.9 Å². The maximum absolute atomic E-state index is 13.2. The molecule has 23 heavy (non-hydrogen) atoms. The smallest absolute Gasteiger partial charge is 0.254 e. The fourth-order valence-corrected chi connectivity index (χ4v) is 3.46. The van der Waals surface area contributed by atoms with E-state index in [0.717, 1.165) is 35.2 Å². The molecule has 1 aromatic carbocycles. The minimum atomic E-state index is 0.145. The van der Waals surface area contributed by atoms with Gasteiger partial charge in [0.1, 0.15) is 0 Å². The lowest BCUT2D eigenvalue weighted by atomic mass is 10.0. The number of fused-ring (bicyclic) bond motifs is 1. The van der Waals surface area contributed by atoms with E-state index in [2.05, 4.69) is 19.2 Å². The number of benzene rings is 1. The molecule has 1 saturated heterocycles. The third kappa shape index (κ3) is 2.61. The zero-order valence-electron chi connectivity index (χ0n) is 13.7. The van der Waals surface area contributed by atoms with Crippen LogP contribution in [0.1, 0.15) is 48.7 Å². The van der Waals surface area contributed by atoms with Crippen molar-refractivity contribution in [3.63, 3.8) is 0 Å². The number of para-hydroxylation sites is 1. The van der Waals surface area contributed by atoms with E-state index in [0.29, 0.717) is 12.0 Å². The van der Waals surface area contributed by atoms with Crippen molar-refractivity contribution in [3.8, 4) is 0 Å². The summed E-state index contributed by atoms with van der Waals surface area (Å²) < 4.78 is 0. The Morgan fingerprint density at radius 3 is 2.83 bits per heavy atom. The van der Waals surface area contributed by atoms with E-state index in [1.165, 1.54) is 12.8 Å². The highest BCUT2D eigenvalue weighted by Crippen LogP contribution is 2.40. The molecule has 1 aromatic heterocycles. The Kier molecular flexibility index (Phi) is 3.57. The molecule has 4 rings (SSSR count). The van der Waals surface area contributed by atoms with Gasteiger partial charge in [0, 0.05) is 42.2 Å². The Hall–Kier alpha value is -1.94. The number of carbonyl (C=O) groups is 1. The summed E-state index contributed by atoms with van der Waals surface area (Å²) >= 11 is 0. The van der Waals surface area contributed by atoms with E-state index in [1.54, 1.807) is 0 Å². The lowest BCUT2D eigenvalue weighted by molar-refractivity contribution is 0.0605. The standard InChI is InChI=1S/C19H23N3O/c1-12-13(2)22(10-9-20-12)19(23)16-11-18(14-7-8-14)21-17-6-4-3-5-15(16)17/h3-6,11-14,20H,7-10H2,1-2H3. The minimum Gasteiger partial charge on any atom is -0.333 e. The lowest BCUT2D eigenvalue weighted by Gasteiger charge is -2.38. The number of aromatic nitrogens is 1. The topological polar surface area (TPSA) is 45.2 Å². The summed E-state index contributed by atoms with van der Waals surface area (Å²) in [5.41, 5.74) is 2.84. The van der Waals surface area contributed by atoms with Gasteiger partial charge in [0.05, 0.1) is 11.1 Å². The average Bonchev–Trinajstić information content (AvgIpc) is 3.41. The number of nitrogens with zero attached hydrogens (tertiary/aromatic N) is 2. The third-order valence-corrected chi connectivity index (χ3v) is 5.26. The van der Waals surface area contributed by atoms with Crippen LogP contribution in [0, 0.1) is 0 Å². The van der Waals surface area contributed by atoms with Crippen molar-refractivity contribution in [2.24, 2.45) is 0 Å². The molecule has 2 unspecified atom stereocenters. The second-order valence-electron chi connectivity index (χ2n) is 6.87. The van der Waals surface area contributed by atoms with Gasteiger partial charge in [-0.1, -0.05) is 18.2 Å². The van der Waals surface area contributed by atoms with Crippen molar-refractivity contribution in [1.29, 1.82) is 0 Å². The van der Waals surface area contributed by atoms with Crippen molar-refractivity contribution in [2.75, 3.05) is 13.1 Å². The van der Waals surface area contributed by atoms with Gasteiger partial charge >= 0.3 is 0 Å². The summed E-state index contributed by atoms with van der Waals surface area (Å²) in [4.78, 5) is 20.0. The normalized spacial score (nSPS) is 24.9. The zero-order valence-corrected chi connectivity index (χ0v) is 13.7. The molecule has 4 heteroatoms. The van der Waals surface area contributed by atoms with Gasteiger partial charge in [-0.15, -0.1) is 0 Å². The van der Waals surface area contributed by atoms with Crippen molar-refractivity contribution < 1.29 is 4.79 Å². The number of piperazine rings is 1. The first-order valence-corrected chi connectivity index (χ1v) is 8.59. The third-order valence-electron chi connectivity index (χ3n) is 5.26. The van der Waals surface area contributed by atoms with E-state index in [4.69, 9.17) is 4.98 Å². The van der Waals surface area contributed by atoms with Crippen LogP contribution in [0.15, 0.2) is 30.3 Å². The number of hydrogen-bond donors (Lipinski definition) is 1. The van der Waals surface area contributed by atoms with Gasteiger partial charge in [-0.05, 0) is 38.8 Å². The zero-order chi connectivity index (χ0) is 16.0. The molecule has 1 N–H and O–H groups in total. The molecule has 2 atom stereocenters. The number of amides is 1. The molecule has 0 radical (unpaired) electrons. The number of pyridine rings is 1. The van der Waals surface area contributed by atoms with Crippen LogP contribution >= 0.6 is 0 Å². The van der Waals surface area contributed by atoms with Gasteiger partial charge in [0.2, 0.25) is 0 Å². The molecule has 1 aliphatic carbocycles. The summed E-state index contributed by atoms with van der Waals surface area (Å²) in [5, 5.41) is 4.41. The molecule has 1 amide bonds. The van der Waals surface area contributed by atoms with Crippen LogP contribution in [-0.4, -0.2) is 41.0 Å². The van der Waals surface area contributed by atoms with Crippen LogP contribution in [-0.2, 0) is 0 Å². The second kappa shape index (κ2) is 5.60. The second-order valence-corrected chi connectivity index (χ2v) is 6.87. The van der Waals surface area contributed by atoms with Gasteiger partial charge in [-0.2, -0.15) is 0 Å². The highest BCUT2D eigenvalue weighted by Gasteiger charge is 2.31. The van der Waals surface area contributed by atoms with E-state index >= 15 is 0 Å². The van der Waals surface area contributed by atoms with Crippen molar-refractivity contribution >= 4 is 16.8 Å². The molecule has 4 nitrogen and oxygen atoms in total. The molecule has 2 heterocycles. The van der Waals surface area contributed by atoms with Gasteiger partial charge in [-0.25, -0.2) is 0 Å². The average molecular weight is 309 g/mol. The highest BCUT2D eigenvalue weighted by molar-refractivity contribution is 6.06. The van der Waals surface area contributed by atoms with Gasteiger partial charge in [-0.3, -0.25) is 9.78 Å². The van der Waals surface area contributed by atoms with Crippen LogP contribution in [0.4, 0.5) is 0 Å². The number of carbonyl (C=O) groups excluding carboxylic acids is 1. The van der Waals surface area contributed by atoms with Crippen LogP contribution in [0.5, 0.6) is 0 Å². The Labute approximate surface area is 136 Å². The van der Waals surface area contributed by atoms with Crippen molar-refractivity contribution in [1.82, 2.24) is 15.2 Å². The predicted molar refractivity (Wildman–Crippen MR) is 91.7 cm³/mol. The molecule has 2 aromatic rings. The van der Waals surface area contributed by atoms with E-state index in [1.807, 2.05) is 35.2 Å². The quantitative estimate of drug-likeness (QED) is 0.927. The van der Waals surface area contributed by atoms with Crippen LogP contribution in [0.3, 0.4) is 0 Å². The van der Waals surface area contributed by atoms with E-state index in [-0.39, 0.29) is 11.9 Å². The van der Waals surface area contributed by atoms with Gasteiger partial charge in [0.15, 0.2) is 0 Å². The number of hydrogen-bond acceptors (Lipinski definition) is 3. The Morgan fingerprint density at radius 1 is 1.26 bits per heavy atom. The summed E-state index contributed by atoms with van der Waals surface area (Å²) in [6, 6.07) is 10.6. The Bertz CT molecular complexity index is 753. The molecule has 1 saturated carbocycles. The fourth-order valence-electron chi connectivity index (χ4n) is 3.46. The summed E-state index contributed by atoms with van der Waals surface area (Å²) in [5.74, 6) is 0.692. The van der Waals surface area contributed by atoms with Crippen LogP contribution in [0.2, 0.25) is 0 Å². The summed E-state index contributed by atoms with van der Waals surface area (Å²) in [6.07, 6.45) is 2.39. The predicted octanol–water partition coefficient (Wildman–Crippen LogP) is 2.93. The van der Waals surface area contributed by atoms with E-state index < -0.39 is 0 Å². The maximum atomic E-state index is 13.2. The number of rotatable bonds is 2. The first-order valence-electron chi connectivity index (χ1n) is 8.59. The van der Waals surface area contributed by atoms with Crippen molar-refractivity contribution in [2.45, 2.75) is 44.7 Å². The number of nitrogens with one attached hydrogen (secondary N) is 1. The van der Waals surface area contributed by atoms with Crippen molar-refractivity contribution in [3.05, 3.63) is 41.6 Å². The molecule has 0 spiro atoms. The Balaban J connectivity index is 1.79. The molecule has 2 fully saturated rings. The molecule has 1 aliphatic heterocycles.